The molecule has 0 aromatic heterocycles. The van der Waals surface area contributed by atoms with Crippen molar-refractivity contribution in [3.63, 3.8) is 0 Å². The first kappa shape index (κ1) is 7.80. The molecule has 0 aromatic rings. The highest BCUT2D eigenvalue weighted by molar-refractivity contribution is 5.06. The predicted molar refractivity (Wildman–Crippen MR) is 43.0 cm³/mol. The van der Waals surface area contributed by atoms with E-state index < -0.39 is 0 Å². The molecule has 0 saturated heterocycles. The molecular formula is C9H16O. The molecule has 1 aliphatic rings. The third kappa shape index (κ3) is 1.84. The molecule has 1 unspecified atom stereocenters. The van der Waals surface area contributed by atoms with Gasteiger partial charge in [-0.25, -0.2) is 0 Å². The van der Waals surface area contributed by atoms with Crippen LogP contribution in [-0.4, -0.2) is 12.2 Å². The summed E-state index contributed by atoms with van der Waals surface area (Å²) in [4.78, 5) is 0. The van der Waals surface area contributed by atoms with E-state index >= 15 is 0 Å². The molecule has 58 valence electrons. The maximum Gasteiger partial charge on any atom is 0.0837 e. The summed E-state index contributed by atoms with van der Waals surface area (Å²) in [6.07, 6.45) is 7.84. The Morgan fingerprint density at radius 3 is 2.90 bits per heavy atom. The molecule has 0 radical (unpaired) electrons. The highest BCUT2D eigenvalue weighted by Gasteiger charge is 2.23. The van der Waals surface area contributed by atoms with Gasteiger partial charge in [0.1, 0.15) is 0 Å². The molecule has 10 heavy (non-hydrogen) atoms. The number of hydrogen-bond donors (Lipinski definition) is 0. The Morgan fingerprint density at radius 1 is 1.60 bits per heavy atom. The lowest BCUT2D eigenvalue weighted by Gasteiger charge is -2.21. The molecule has 0 heterocycles. The van der Waals surface area contributed by atoms with Gasteiger partial charge in [-0.15, -0.1) is 0 Å². The van der Waals surface area contributed by atoms with Crippen LogP contribution in [-0.2, 0) is 4.74 Å². The molecule has 0 aliphatic heterocycles. The smallest absolute Gasteiger partial charge is 0.0837 e. The van der Waals surface area contributed by atoms with Gasteiger partial charge >= 0.3 is 0 Å². The minimum Gasteiger partial charge on any atom is -0.371 e. The second-order valence-electron chi connectivity index (χ2n) is 3.10. The molecule has 1 nitrogen and oxygen atoms in total. The summed E-state index contributed by atoms with van der Waals surface area (Å²) >= 11 is 0. The van der Waals surface area contributed by atoms with Gasteiger partial charge in [0.05, 0.1) is 5.60 Å². The molecule has 0 aromatic carbocycles. The summed E-state index contributed by atoms with van der Waals surface area (Å²) in [5.41, 5.74) is 0.0655. The van der Waals surface area contributed by atoms with Crippen molar-refractivity contribution in [2.45, 2.75) is 38.7 Å². The molecule has 1 aliphatic carbocycles. The minimum absolute atomic E-state index is 0.0655. The molecule has 1 rings (SSSR count). The van der Waals surface area contributed by atoms with Crippen LogP contribution >= 0.6 is 0 Å². The largest absolute Gasteiger partial charge is 0.371 e. The SMILES string of the molecule is CCCOC1(C)C=CCC1. The van der Waals surface area contributed by atoms with Crippen molar-refractivity contribution >= 4 is 0 Å². The van der Waals surface area contributed by atoms with Crippen molar-refractivity contribution in [2.75, 3.05) is 6.61 Å². The molecule has 0 fully saturated rings. The molecular weight excluding hydrogens is 124 g/mol. The zero-order valence-electron chi connectivity index (χ0n) is 6.89. The number of hydrogen-bond acceptors (Lipinski definition) is 1. The summed E-state index contributed by atoms with van der Waals surface area (Å²) in [6.45, 7) is 5.19. The van der Waals surface area contributed by atoms with Crippen LogP contribution in [0.15, 0.2) is 12.2 Å². The fourth-order valence-corrected chi connectivity index (χ4v) is 1.24. The Hall–Kier alpha value is -0.300. The van der Waals surface area contributed by atoms with Crippen LogP contribution in [0, 0.1) is 0 Å². The van der Waals surface area contributed by atoms with Gasteiger partial charge in [-0.3, -0.25) is 0 Å². The van der Waals surface area contributed by atoms with E-state index in [-0.39, 0.29) is 5.60 Å². The van der Waals surface area contributed by atoms with Crippen molar-refractivity contribution < 1.29 is 4.74 Å². The van der Waals surface area contributed by atoms with E-state index in [0.717, 1.165) is 19.4 Å². The number of allylic oxidation sites excluding steroid dienone is 1. The Labute approximate surface area is 63.1 Å². The van der Waals surface area contributed by atoms with Gasteiger partial charge in [0.2, 0.25) is 0 Å². The fourth-order valence-electron chi connectivity index (χ4n) is 1.24. The lowest BCUT2D eigenvalue weighted by atomic mass is 10.1. The Balaban J connectivity index is 2.30. The van der Waals surface area contributed by atoms with Crippen LogP contribution in [0.3, 0.4) is 0 Å². The van der Waals surface area contributed by atoms with Crippen LogP contribution in [0.4, 0.5) is 0 Å². The van der Waals surface area contributed by atoms with Gasteiger partial charge in [-0.2, -0.15) is 0 Å². The second-order valence-corrected chi connectivity index (χ2v) is 3.10. The van der Waals surface area contributed by atoms with Crippen molar-refractivity contribution in [2.24, 2.45) is 0 Å². The molecule has 1 heteroatoms. The van der Waals surface area contributed by atoms with Gasteiger partial charge < -0.3 is 4.74 Å². The highest BCUT2D eigenvalue weighted by atomic mass is 16.5. The van der Waals surface area contributed by atoms with E-state index in [4.69, 9.17) is 4.74 Å². The highest BCUT2D eigenvalue weighted by Crippen LogP contribution is 2.25. The van der Waals surface area contributed by atoms with E-state index in [9.17, 15) is 0 Å². The van der Waals surface area contributed by atoms with Crippen LogP contribution in [0.2, 0.25) is 0 Å². The van der Waals surface area contributed by atoms with E-state index in [0.29, 0.717) is 0 Å². The quantitative estimate of drug-likeness (QED) is 0.547. The van der Waals surface area contributed by atoms with E-state index in [1.165, 1.54) is 6.42 Å². The van der Waals surface area contributed by atoms with Crippen LogP contribution in [0.1, 0.15) is 33.1 Å². The Kier molecular flexibility index (Phi) is 2.50. The molecule has 0 spiro atoms. The molecule has 0 N–H and O–H groups in total. The second kappa shape index (κ2) is 3.20. The van der Waals surface area contributed by atoms with E-state index in [1.54, 1.807) is 0 Å². The summed E-state index contributed by atoms with van der Waals surface area (Å²) in [6, 6.07) is 0. The first-order chi connectivity index (χ1) is 4.77. The van der Waals surface area contributed by atoms with Crippen LogP contribution in [0.25, 0.3) is 0 Å². The standard InChI is InChI=1S/C9H16O/c1-3-8-10-9(2)6-4-5-7-9/h4,6H,3,5,7-8H2,1-2H3. The molecule has 1 atom stereocenters. The van der Waals surface area contributed by atoms with Crippen molar-refractivity contribution in [1.82, 2.24) is 0 Å². The van der Waals surface area contributed by atoms with Gasteiger partial charge in [0.15, 0.2) is 0 Å². The van der Waals surface area contributed by atoms with E-state index in [2.05, 4.69) is 26.0 Å². The predicted octanol–water partition coefficient (Wildman–Crippen LogP) is 2.52. The van der Waals surface area contributed by atoms with Crippen LogP contribution < -0.4 is 0 Å². The third-order valence-corrected chi connectivity index (χ3v) is 1.91. The first-order valence-corrected chi connectivity index (χ1v) is 4.08. The van der Waals surface area contributed by atoms with Gasteiger partial charge in [-0.1, -0.05) is 19.1 Å². The average Bonchev–Trinajstić information content (AvgIpc) is 2.33. The molecule has 0 bridgehead atoms. The number of rotatable bonds is 3. The lowest BCUT2D eigenvalue weighted by Crippen LogP contribution is -2.23. The molecule has 0 amide bonds. The average molecular weight is 140 g/mol. The zero-order chi connectivity index (χ0) is 7.45. The Morgan fingerprint density at radius 2 is 2.40 bits per heavy atom. The summed E-state index contributed by atoms with van der Waals surface area (Å²) in [7, 11) is 0. The topological polar surface area (TPSA) is 9.23 Å². The van der Waals surface area contributed by atoms with Gasteiger partial charge in [0.25, 0.3) is 0 Å². The van der Waals surface area contributed by atoms with Crippen molar-refractivity contribution in [3.8, 4) is 0 Å². The van der Waals surface area contributed by atoms with Crippen LogP contribution in [0.5, 0.6) is 0 Å². The van der Waals surface area contributed by atoms with E-state index in [1.807, 2.05) is 0 Å². The normalized spacial score (nSPS) is 31.4. The van der Waals surface area contributed by atoms with Gasteiger partial charge in [-0.05, 0) is 26.2 Å². The molecule has 0 saturated carbocycles. The summed E-state index contributed by atoms with van der Waals surface area (Å²) < 4.78 is 5.65. The number of ether oxygens (including phenoxy) is 1. The maximum absolute atomic E-state index is 5.65. The van der Waals surface area contributed by atoms with Crippen molar-refractivity contribution in [1.29, 1.82) is 0 Å². The first-order valence-electron chi connectivity index (χ1n) is 4.08. The van der Waals surface area contributed by atoms with Gasteiger partial charge in [0, 0.05) is 6.61 Å². The minimum atomic E-state index is 0.0655. The fraction of sp³-hybridized carbons (Fsp3) is 0.778. The Bertz CT molecular complexity index is 129. The lowest BCUT2D eigenvalue weighted by molar-refractivity contribution is 0.00622. The zero-order valence-corrected chi connectivity index (χ0v) is 6.89. The third-order valence-electron chi connectivity index (χ3n) is 1.91. The summed E-state index contributed by atoms with van der Waals surface area (Å²) in [5, 5.41) is 0. The summed E-state index contributed by atoms with van der Waals surface area (Å²) in [5.74, 6) is 0. The van der Waals surface area contributed by atoms with Crippen molar-refractivity contribution in [3.05, 3.63) is 12.2 Å². The monoisotopic (exact) mass is 140 g/mol. The maximum atomic E-state index is 5.65.